The lowest BCUT2D eigenvalue weighted by Crippen LogP contribution is -2.49. The zero-order valence-corrected chi connectivity index (χ0v) is 37.0. The van der Waals surface area contributed by atoms with Crippen molar-refractivity contribution in [3.63, 3.8) is 0 Å². The number of hydrogen-bond donors (Lipinski definition) is 4. The Kier molecular flexibility index (Phi) is 21.1. The number of ketones is 1. The van der Waals surface area contributed by atoms with Crippen molar-refractivity contribution >= 4 is 65.0 Å². The highest BCUT2D eigenvalue weighted by Crippen LogP contribution is 2.35. The fraction of sp³-hybridized carbons (Fsp3) is 0.625. The Bertz CT molecular complexity index is 1650. The highest BCUT2D eigenvalue weighted by Gasteiger charge is 2.29. The molecule has 1 rings (SSSR count). The average molecular weight is 858 g/mol. The van der Waals surface area contributed by atoms with Crippen LogP contribution in [0.15, 0.2) is 29.3 Å². The van der Waals surface area contributed by atoms with Crippen molar-refractivity contribution in [2.75, 3.05) is 26.2 Å². The third-order valence-corrected chi connectivity index (χ3v) is 8.36. The number of allylic oxidation sites excluding steroid dienone is 1. The molecule has 0 aliphatic rings. The largest absolute Gasteiger partial charge is 0.482 e. The molecule has 0 bridgehead atoms. The van der Waals surface area contributed by atoms with E-state index in [-0.39, 0.29) is 59.0 Å². The van der Waals surface area contributed by atoms with Crippen LogP contribution >= 0.6 is 23.2 Å². The molecule has 1 aromatic rings. The van der Waals surface area contributed by atoms with E-state index in [0.29, 0.717) is 37.9 Å². The Hall–Kier alpha value is -4.57. The van der Waals surface area contributed by atoms with E-state index in [2.05, 4.69) is 27.5 Å². The SMILES string of the molecule is C=C(CC)C(=O)c1ccc(OCC(=O)NCCCCCCNC(=O)C(CCCN(C(=O)OC(C)(C)C)C(N)=NC(=O)OC(C)(C)C)NC(=O)OC(C)(C)C)c(Cl)c1Cl. The Labute approximate surface area is 352 Å². The predicted molar refractivity (Wildman–Crippen MR) is 223 cm³/mol. The molecular weight excluding hydrogens is 795 g/mol. The van der Waals surface area contributed by atoms with Crippen LogP contribution in [0.4, 0.5) is 14.4 Å². The van der Waals surface area contributed by atoms with Crippen LogP contribution in [-0.4, -0.2) is 95.8 Å². The molecule has 5 amide bonds. The number of carbonyl (C=O) groups is 6. The van der Waals surface area contributed by atoms with Crippen molar-refractivity contribution in [3.8, 4) is 5.75 Å². The fourth-order valence-corrected chi connectivity index (χ4v) is 5.22. The van der Waals surface area contributed by atoms with E-state index in [4.69, 9.17) is 47.9 Å². The van der Waals surface area contributed by atoms with Gasteiger partial charge < -0.3 is 40.6 Å². The number of hydrogen-bond acceptors (Lipinski definition) is 10. The first-order valence-electron chi connectivity index (χ1n) is 19.2. The minimum Gasteiger partial charge on any atom is -0.482 e. The summed E-state index contributed by atoms with van der Waals surface area (Å²) in [4.78, 5) is 80.7. The summed E-state index contributed by atoms with van der Waals surface area (Å²) in [7, 11) is 0. The van der Waals surface area contributed by atoms with Gasteiger partial charge in [-0.05, 0) is 112 Å². The van der Waals surface area contributed by atoms with Gasteiger partial charge in [0.15, 0.2) is 12.4 Å². The molecule has 18 heteroatoms. The summed E-state index contributed by atoms with van der Waals surface area (Å²) in [5.41, 5.74) is 4.09. The highest BCUT2D eigenvalue weighted by molar-refractivity contribution is 6.45. The number of guanidine groups is 1. The quantitative estimate of drug-likeness (QED) is 0.0267. The van der Waals surface area contributed by atoms with Crippen LogP contribution in [0.2, 0.25) is 10.0 Å². The van der Waals surface area contributed by atoms with Crippen molar-refractivity contribution in [2.45, 2.75) is 137 Å². The number of amides is 5. The minimum absolute atomic E-state index is 0.0281. The first-order valence-corrected chi connectivity index (χ1v) is 19.9. The van der Waals surface area contributed by atoms with Gasteiger partial charge in [-0.3, -0.25) is 14.4 Å². The number of aliphatic imine (C=N–C) groups is 1. The van der Waals surface area contributed by atoms with Crippen molar-refractivity contribution < 1.29 is 47.7 Å². The van der Waals surface area contributed by atoms with Crippen LogP contribution in [0.3, 0.4) is 0 Å². The maximum atomic E-state index is 13.3. The van der Waals surface area contributed by atoms with Crippen molar-refractivity contribution in [2.24, 2.45) is 10.7 Å². The zero-order valence-electron chi connectivity index (χ0n) is 35.5. The highest BCUT2D eigenvalue weighted by atomic mass is 35.5. The summed E-state index contributed by atoms with van der Waals surface area (Å²) in [6, 6.07) is 1.93. The number of Topliss-reactive ketones (excluding diaryl/α,β-unsaturated/α-hetero) is 1. The van der Waals surface area contributed by atoms with Crippen LogP contribution in [0, 0.1) is 0 Å². The monoisotopic (exact) mass is 856 g/mol. The van der Waals surface area contributed by atoms with E-state index < -0.39 is 53.0 Å². The van der Waals surface area contributed by atoms with Gasteiger partial charge in [0.25, 0.3) is 5.91 Å². The van der Waals surface area contributed by atoms with Gasteiger partial charge in [0.2, 0.25) is 11.9 Å². The summed E-state index contributed by atoms with van der Waals surface area (Å²) in [6.07, 6.45) is 0.783. The molecule has 0 fully saturated rings. The lowest BCUT2D eigenvalue weighted by molar-refractivity contribution is -0.124. The van der Waals surface area contributed by atoms with Gasteiger partial charge in [-0.2, -0.15) is 0 Å². The molecule has 0 radical (unpaired) electrons. The second-order valence-corrected chi connectivity index (χ2v) is 17.0. The number of alkyl carbamates (subject to hydrolysis) is 1. The first-order chi connectivity index (χ1) is 26.7. The molecule has 58 heavy (non-hydrogen) atoms. The standard InChI is InChI=1S/C40H62Cl2N6O10/c1-12-25(2)32(50)26-19-20-28(31(42)30(26)41)55-24-29(49)44-21-15-13-14-16-22-45-33(51)27(46-35(52)56-38(3,4)5)18-17-23-48(37(54)58-40(9,10)11)34(43)47-36(53)57-39(6,7)8/h19-20,27H,2,12-18,21-24H2,1,3-11H3,(H,44,49)(H,45,51)(H,46,52)(H2,43,47,53). The maximum absolute atomic E-state index is 13.3. The molecule has 5 N–H and O–H groups in total. The molecule has 0 saturated heterocycles. The van der Waals surface area contributed by atoms with Crippen LogP contribution in [-0.2, 0) is 23.8 Å². The number of carbonyl (C=O) groups excluding carboxylic acids is 6. The van der Waals surface area contributed by atoms with Crippen LogP contribution in [0.5, 0.6) is 5.75 Å². The van der Waals surface area contributed by atoms with E-state index in [1.807, 2.05) is 6.92 Å². The van der Waals surface area contributed by atoms with E-state index in [0.717, 1.165) is 17.7 Å². The van der Waals surface area contributed by atoms with Crippen molar-refractivity contribution in [3.05, 3.63) is 39.9 Å². The fourth-order valence-electron chi connectivity index (χ4n) is 4.76. The Balaban J connectivity index is 2.71. The molecule has 16 nitrogen and oxygen atoms in total. The van der Waals surface area contributed by atoms with Crippen molar-refractivity contribution in [1.29, 1.82) is 0 Å². The van der Waals surface area contributed by atoms with Gasteiger partial charge >= 0.3 is 18.3 Å². The zero-order chi connectivity index (χ0) is 44.4. The smallest absolute Gasteiger partial charge is 0.437 e. The number of halogens is 2. The van der Waals surface area contributed by atoms with Crippen LogP contribution in [0.1, 0.15) is 125 Å². The third-order valence-electron chi connectivity index (χ3n) is 7.49. The summed E-state index contributed by atoms with van der Waals surface area (Å²) < 4.78 is 21.5. The molecule has 326 valence electrons. The van der Waals surface area contributed by atoms with Gasteiger partial charge in [0, 0.05) is 25.2 Å². The van der Waals surface area contributed by atoms with E-state index in [9.17, 15) is 28.8 Å². The Morgan fingerprint density at radius 3 is 1.93 bits per heavy atom. The average Bonchev–Trinajstić information content (AvgIpc) is 3.07. The second-order valence-electron chi connectivity index (χ2n) is 16.3. The normalized spacial score (nSPS) is 12.4. The number of rotatable bonds is 19. The van der Waals surface area contributed by atoms with E-state index >= 15 is 0 Å². The Morgan fingerprint density at radius 1 is 0.810 bits per heavy atom. The molecule has 0 spiro atoms. The van der Waals surface area contributed by atoms with Gasteiger partial charge in [0.05, 0.1) is 5.02 Å². The van der Waals surface area contributed by atoms with Gasteiger partial charge in [-0.25, -0.2) is 19.3 Å². The molecule has 1 unspecified atom stereocenters. The summed E-state index contributed by atoms with van der Waals surface area (Å²) in [5.74, 6) is -1.43. The number of unbranched alkanes of at least 4 members (excludes halogenated alkanes) is 3. The predicted octanol–water partition coefficient (Wildman–Crippen LogP) is 7.47. The van der Waals surface area contributed by atoms with Crippen LogP contribution in [0.25, 0.3) is 0 Å². The Morgan fingerprint density at radius 2 is 1.38 bits per heavy atom. The molecular formula is C40H62Cl2N6O10. The molecule has 0 heterocycles. The molecule has 1 aromatic carbocycles. The van der Waals surface area contributed by atoms with Gasteiger partial charge in [0.1, 0.15) is 33.6 Å². The van der Waals surface area contributed by atoms with Crippen LogP contribution < -0.4 is 26.4 Å². The summed E-state index contributed by atoms with van der Waals surface area (Å²) in [6.45, 7) is 20.9. The van der Waals surface area contributed by atoms with Gasteiger partial charge in [-0.15, -0.1) is 4.99 Å². The van der Waals surface area contributed by atoms with E-state index in [1.54, 1.807) is 62.3 Å². The van der Waals surface area contributed by atoms with E-state index in [1.165, 1.54) is 12.1 Å². The number of nitrogens with zero attached hydrogens (tertiary/aromatic N) is 2. The molecule has 0 aromatic heterocycles. The molecule has 0 saturated carbocycles. The van der Waals surface area contributed by atoms with Gasteiger partial charge in [-0.1, -0.05) is 49.5 Å². The summed E-state index contributed by atoms with van der Waals surface area (Å²) in [5, 5.41) is 8.25. The van der Waals surface area contributed by atoms with Crippen molar-refractivity contribution in [1.82, 2.24) is 20.9 Å². The third kappa shape index (κ3) is 20.7. The maximum Gasteiger partial charge on any atom is 0.437 e. The molecule has 0 aliphatic heterocycles. The number of ether oxygens (including phenoxy) is 4. The molecule has 0 aliphatic carbocycles. The molecule has 1 atom stereocenters. The summed E-state index contributed by atoms with van der Waals surface area (Å²) >= 11 is 12.6. The second kappa shape index (κ2) is 23.7. The number of benzene rings is 1. The number of nitrogens with one attached hydrogen (secondary N) is 3. The first kappa shape index (κ1) is 51.4. The number of nitrogens with two attached hydrogens (primary N) is 1. The lowest BCUT2D eigenvalue weighted by Gasteiger charge is -2.27. The lowest BCUT2D eigenvalue weighted by atomic mass is 10.0. The topological polar surface area (TPSA) is 217 Å². The minimum atomic E-state index is -1.04.